The predicted octanol–water partition coefficient (Wildman–Crippen LogP) is 3.89. The summed E-state index contributed by atoms with van der Waals surface area (Å²) in [5, 5.41) is 13.7. The van der Waals surface area contributed by atoms with Gasteiger partial charge >= 0.3 is 6.18 Å². The number of nitrogens with one attached hydrogen (secondary N) is 1. The summed E-state index contributed by atoms with van der Waals surface area (Å²) in [6, 6.07) is 8.97. The molecule has 0 aromatic heterocycles. The number of hydrogen-bond acceptors (Lipinski definition) is 5. The van der Waals surface area contributed by atoms with Crippen LogP contribution in [0.2, 0.25) is 0 Å². The molecule has 1 heterocycles. The van der Waals surface area contributed by atoms with Crippen molar-refractivity contribution in [1.82, 2.24) is 9.62 Å². The molecule has 33 heavy (non-hydrogen) atoms. The molecule has 0 spiro atoms. The molecule has 1 aliphatic rings. The third-order valence-corrected chi connectivity index (χ3v) is 7.46. The van der Waals surface area contributed by atoms with E-state index >= 15 is 0 Å². The van der Waals surface area contributed by atoms with Crippen molar-refractivity contribution >= 4 is 21.6 Å². The average molecular weight is 485 g/mol. The van der Waals surface area contributed by atoms with Crippen LogP contribution in [0.5, 0.6) is 0 Å². The normalized spacial score (nSPS) is 16.8. The number of nitro groups is 1. The summed E-state index contributed by atoms with van der Waals surface area (Å²) in [7, 11) is -4.14. The number of sulfonamides is 1. The highest BCUT2D eigenvalue weighted by molar-refractivity contribution is 7.89. The van der Waals surface area contributed by atoms with Gasteiger partial charge in [0.2, 0.25) is 15.9 Å². The van der Waals surface area contributed by atoms with Gasteiger partial charge in [0, 0.05) is 31.1 Å². The van der Waals surface area contributed by atoms with Gasteiger partial charge in [0.05, 0.1) is 21.4 Å². The Balaban J connectivity index is 1.63. The van der Waals surface area contributed by atoms with Gasteiger partial charge in [0.15, 0.2) is 0 Å². The van der Waals surface area contributed by atoms with Crippen LogP contribution in [0.1, 0.15) is 36.9 Å². The van der Waals surface area contributed by atoms with Gasteiger partial charge in [-0.2, -0.15) is 17.5 Å². The molecule has 2 aromatic carbocycles. The Bertz CT molecular complexity index is 1150. The van der Waals surface area contributed by atoms with E-state index in [1.54, 1.807) is 13.0 Å². The summed E-state index contributed by atoms with van der Waals surface area (Å²) in [5.41, 5.74) is -0.586. The molecule has 1 fully saturated rings. The molecule has 1 aliphatic heterocycles. The van der Waals surface area contributed by atoms with E-state index in [-0.39, 0.29) is 37.5 Å². The first-order chi connectivity index (χ1) is 15.4. The number of benzene rings is 2. The highest BCUT2D eigenvalue weighted by Gasteiger charge is 2.35. The quantitative estimate of drug-likeness (QED) is 0.493. The number of hydrogen-bond donors (Lipinski definition) is 1. The van der Waals surface area contributed by atoms with E-state index in [0.29, 0.717) is 11.6 Å². The third kappa shape index (κ3) is 5.69. The first kappa shape index (κ1) is 24.6. The lowest BCUT2D eigenvalue weighted by Gasteiger charge is -2.31. The van der Waals surface area contributed by atoms with Gasteiger partial charge in [-0.05, 0) is 43.5 Å². The minimum absolute atomic E-state index is 0.0120. The van der Waals surface area contributed by atoms with Crippen molar-refractivity contribution in [2.75, 3.05) is 13.1 Å². The Labute approximate surface area is 188 Å². The van der Waals surface area contributed by atoms with E-state index < -0.39 is 43.5 Å². The van der Waals surface area contributed by atoms with Crippen molar-refractivity contribution in [3.8, 4) is 0 Å². The van der Waals surface area contributed by atoms with Crippen LogP contribution in [0.3, 0.4) is 0 Å². The number of non-ortho nitro benzene ring substituents is 1. The minimum atomic E-state index is -4.66. The number of nitrogens with zero attached hydrogens (tertiary/aromatic N) is 2. The molecule has 1 unspecified atom stereocenters. The molecule has 0 radical (unpaired) electrons. The van der Waals surface area contributed by atoms with Gasteiger partial charge in [-0.15, -0.1) is 0 Å². The summed E-state index contributed by atoms with van der Waals surface area (Å²) in [6.45, 7) is 1.66. The molecule has 1 amide bonds. The van der Waals surface area contributed by atoms with Gasteiger partial charge in [-0.25, -0.2) is 8.42 Å². The van der Waals surface area contributed by atoms with E-state index in [1.165, 1.54) is 18.2 Å². The van der Waals surface area contributed by atoms with E-state index in [4.69, 9.17) is 0 Å². The Kier molecular flexibility index (Phi) is 7.08. The molecule has 0 saturated carbocycles. The first-order valence-corrected chi connectivity index (χ1v) is 11.6. The second-order valence-electron chi connectivity index (χ2n) is 7.79. The summed E-state index contributed by atoms with van der Waals surface area (Å²) in [6.07, 6.45) is -4.26. The molecule has 1 atom stereocenters. The second kappa shape index (κ2) is 9.48. The van der Waals surface area contributed by atoms with Crippen LogP contribution >= 0.6 is 0 Å². The summed E-state index contributed by atoms with van der Waals surface area (Å²) in [4.78, 5) is 22.6. The number of amides is 1. The lowest BCUT2D eigenvalue weighted by Crippen LogP contribution is -2.43. The molecule has 1 N–H and O–H groups in total. The standard InChI is InChI=1S/C21H22F3N3O5S/c1-14(16-4-2-6-18(12-16)27(29)30)25-20(28)15-8-10-26(11-9-15)33(31,32)19-7-3-5-17(13-19)21(22,23)24/h2-7,12-15H,8-11H2,1H3,(H,25,28). The van der Waals surface area contributed by atoms with Crippen LogP contribution in [0.15, 0.2) is 53.4 Å². The van der Waals surface area contributed by atoms with Gasteiger partial charge in [-0.3, -0.25) is 14.9 Å². The van der Waals surface area contributed by atoms with Gasteiger partial charge in [0.1, 0.15) is 0 Å². The van der Waals surface area contributed by atoms with Crippen LogP contribution < -0.4 is 5.32 Å². The molecule has 3 rings (SSSR count). The van der Waals surface area contributed by atoms with E-state index in [1.807, 2.05) is 0 Å². The Hall–Kier alpha value is -2.99. The SMILES string of the molecule is CC(NC(=O)C1CCN(S(=O)(=O)c2cccc(C(F)(F)F)c2)CC1)c1cccc([N+](=O)[O-])c1. The molecule has 1 saturated heterocycles. The molecule has 0 aliphatic carbocycles. The summed E-state index contributed by atoms with van der Waals surface area (Å²) >= 11 is 0. The zero-order valence-corrected chi connectivity index (χ0v) is 18.4. The highest BCUT2D eigenvalue weighted by atomic mass is 32.2. The van der Waals surface area contributed by atoms with Crippen LogP contribution in [-0.4, -0.2) is 36.6 Å². The number of alkyl halides is 3. The van der Waals surface area contributed by atoms with Crippen LogP contribution in [0.25, 0.3) is 0 Å². The molecular formula is C21H22F3N3O5S. The van der Waals surface area contributed by atoms with Crippen molar-refractivity contribution < 1.29 is 31.3 Å². The minimum Gasteiger partial charge on any atom is -0.349 e. The fraction of sp³-hybridized carbons (Fsp3) is 0.381. The Morgan fingerprint density at radius 2 is 1.79 bits per heavy atom. The zero-order valence-electron chi connectivity index (χ0n) is 17.6. The molecule has 0 bridgehead atoms. The first-order valence-electron chi connectivity index (χ1n) is 10.1. The number of nitro benzene ring substituents is 1. The maximum absolute atomic E-state index is 12.9. The maximum atomic E-state index is 12.9. The van der Waals surface area contributed by atoms with E-state index in [2.05, 4.69) is 5.32 Å². The number of carbonyl (C=O) groups is 1. The van der Waals surface area contributed by atoms with Crippen LogP contribution in [0, 0.1) is 16.0 Å². The van der Waals surface area contributed by atoms with Crippen molar-refractivity contribution in [3.63, 3.8) is 0 Å². The molecule has 178 valence electrons. The summed E-state index contributed by atoms with van der Waals surface area (Å²) in [5.74, 6) is -0.802. The Morgan fingerprint density at radius 3 is 2.39 bits per heavy atom. The van der Waals surface area contributed by atoms with E-state index in [0.717, 1.165) is 22.5 Å². The number of carbonyl (C=O) groups excluding carboxylic acids is 1. The number of halogens is 3. The maximum Gasteiger partial charge on any atom is 0.416 e. The summed E-state index contributed by atoms with van der Waals surface area (Å²) < 4.78 is 65.5. The van der Waals surface area contributed by atoms with E-state index in [9.17, 15) is 36.5 Å². The molecule has 12 heteroatoms. The van der Waals surface area contributed by atoms with Gasteiger partial charge in [-0.1, -0.05) is 18.2 Å². The Morgan fingerprint density at radius 1 is 1.15 bits per heavy atom. The van der Waals surface area contributed by atoms with Crippen molar-refractivity contribution in [1.29, 1.82) is 0 Å². The predicted molar refractivity (Wildman–Crippen MR) is 113 cm³/mol. The van der Waals surface area contributed by atoms with Crippen molar-refractivity contribution in [2.45, 2.75) is 36.9 Å². The van der Waals surface area contributed by atoms with Crippen LogP contribution in [0.4, 0.5) is 18.9 Å². The highest BCUT2D eigenvalue weighted by Crippen LogP contribution is 2.32. The lowest BCUT2D eigenvalue weighted by atomic mass is 9.96. The lowest BCUT2D eigenvalue weighted by molar-refractivity contribution is -0.384. The van der Waals surface area contributed by atoms with Gasteiger partial charge < -0.3 is 5.32 Å². The number of rotatable bonds is 6. The largest absolute Gasteiger partial charge is 0.416 e. The monoisotopic (exact) mass is 485 g/mol. The molecule has 8 nitrogen and oxygen atoms in total. The van der Waals surface area contributed by atoms with Gasteiger partial charge in [0.25, 0.3) is 5.69 Å². The fourth-order valence-corrected chi connectivity index (χ4v) is 5.18. The zero-order chi connectivity index (χ0) is 24.4. The third-order valence-electron chi connectivity index (χ3n) is 5.56. The number of piperidine rings is 1. The topological polar surface area (TPSA) is 110 Å². The molecule has 2 aromatic rings. The molecular weight excluding hydrogens is 463 g/mol. The van der Waals surface area contributed by atoms with Crippen molar-refractivity contribution in [3.05, 3.63) is 69.8 Å². The fourth-order valence-electron chi connectivity index (χ4n) is 3.66. The van der Waals surface area contributed by atoms with Crippen LogP contribution in [-0.2, 0) is 21.0 Å². The van der Waals surface area contributed by atoms with Crippen molar-refractivity contribution in [2.24, 2.45) is 5.92 Å². The smallest absolute Gasteiger partial charge is 0.349 e. The average Bonchev–Trinajstić information content (AvgIpc) is 2.78. The second-order valence-corrected chi connectivity index (χ2v) is 9.72.